The van der Waals surface area contributed by atoms with Crippen LogP contribution in [0.3, 0.4) is 0 Å². The monoisotopic (exact) mass is 404 g/mol. The van der Waals surface area contributed by atoms with Crippen LogP contribution in [0.4, 0.5) is 0 Å². The van der Waals surface area contributed by atoms with Gasteiger partial charge in [-0.1, -0.05) is 27.7 Å². The predicted molar refractivity (Wildman–Crippen MR) is 113 cm³/mol. The lowest BCUT2D eigenvalue weighted by atomic mass is 9.50. The Bertz CT molecular complexity index is 637. The van der Waals surface area contributed by atoms with Gasteiger partial charge in [0.2, 0.25) is 11.8 Å². The average Bonchev–Trinajstić information content (AvgIpc) is 2.71. The van der Waals surface area contributed by atoms with Crippen molar-refractivity contribution >= 4 is 11.8 Å². The van der Waals surface area contributed by atoms with Crippen LogP contribution in [-0.4, -0.2) is 47.6 Å². The second-order valence-corrected chi connectivity index (χ2v) is 12.0. The molecule has 1 heterocycles. The first kappa shape index (κ1) is 21.1. The zero-order chi connectivity index (χ0) is 21.1. The maximum absolute atomic E-state index is 13.4. The third kappa shape index (κ3) is 3.41. The van der Waals surface area contributed by atoms with E-state index in [1.165, 1.54) is 0 Å². The summed E-state index contributed by atoms with van der Waals surface area (Å²) in [5.41, 5.74) is -0.157. The predicted octanol–water partition coefficient (Wildman–Crippen LogP) is 3.50. The molecule has 0 aromatic heterocycles. The lowest BCUT2D eigenvalue weighted by molar-refractivity contribution is -0.161. The van der Waals surface area contributed by atoms with Crippen LogP contribution in [0.1, 0.15) is 85.5 Å². The summed E-state index contributed by atoms with van der Waals surface area (Å²) in [5.74, 6) is 0.919. The zero-order valence-corrected chi connectivity index (χ0v) is 18.9. The topological polar surface area (TPSA) is 69.6 Å². The second-order valence-electron chi connectivity index (χ2n) is 12.0. The van der Waals surface area contributed by atoms with Gasteiger partial charge in [0.15, 0.2) is 0 Å². The van der Waals surface area contributed by atoms with Gasteiger partial charge >= 0.3 is 0 Å². The molecule has 4 aliphatic carbocycles. The number of carbonyl (C=O) groups excluding carboxylic acids is 2. The average molecular weight is 405 g/mol. The minimum absolute atomic E-state index is 0.166. The van der Waals surface area contributed by atoms with Gasteiger partial charge in [-0.25, -0.2) is 0 Å². The van der Waals surface area contributed by atoms with E-state index >= 15 is 0 Å². The first-order chi connectivity index (χ1) is 13.5. The van der Waals surface area contributed by atoms with E-state index < -0.39 is 0 Å². The Balaban J connectivity index is 1.38. The highest BCUT2D eigenvalue weighted by atomic mass is 16.3. The molecule has 2 bridgehead atoms. The van der Waals surface area contributed by atoms with Gasteiger partial charge < -0.3 is 15.3 Å². The van der Waals surface area contributed by atoms with Gasteiger partial charge in [0.25, 0.3) is 0 Å². The molecule has 5 nitrogen and oxygen atoms in total. The van der Waals surface area contributed by atoms with E-state index in [0.29, 0.717) is 11.8 Å². The molecular formula is C24H40N2O3. The lowest BCUT2D eigenvalue weighted by Crippen LogP contribution is -2.66. The third-order valence-corrected chi connectivity index (χ3v) is 9.09. The molecule has 0 radical (unpaired) electrons. The molecule has 0 unspecified atom stereocenters. The van der Waals surface area contributed by atoms with E-state index in [9.17, 15) is 14.7 Å². The van der Waals surface area contributed by atoms with E-state index in [-0.39, 0.29) is 40.2 Å². The van der Waals surface area contributed by atoms with Crippen LogP contribution < -0.4 is 5.32 Å². The summed E-state index contributed by atoms with van der Waals surface area (Å²) in [5, 5.41) is 12.8. The molecule has 0 spiro atoms. The van der Waals surface area contributed by atoms with Crippen LogP contribution in [0.2, 0.25) is 0 Å². The van der Waals surface area contributed by atoms with Crippen LogP contribution in [0, 0.1) is 27.6 Å². The van der Waals surface area contributed by atoms with Crippen molar-refractivity contribution in [1.29, 1.82) is 0 Å². The van der Waals surface area contributed by atoms with E-state index in [2.05, 4.69) is 33.0 Å². The standard InChI is InChI=1S/C24H40N2O3/c1-21(2)16-22(3,4)18(21)25-19(28)23-7-10-24(11-8-23,12-9-23)20(29)26-13-5-17(15-27)6-14-26/h17-18,27H,5-16H2,1-4H3,(H,25,28). The molecule has 4 saturated carbocycles. The molecule has 29 heavy (non-hydrogen) atoms. The summed E-state index contributed by atoms with van der Waals surface area (Å²) >= 11 is 0. The quantitative estimate of drug-likeness (QED) is 0.753. The van der Waals surface area contributed by atoms with Gasteiger partial charge in [0, 0.05) is 36.6 Å². The Hall–Kier alpha value is -1.10. The van der Waals surface area contributed by atoms with Gasteiger partial charge in [0.05, 0.1) is 0 Å². The van der Waals surface area contributed by atoms with Crippen LogP contribution >= 0.6 is 0 Å². The SMILES string of the molecule is CC1(C)CC(C)(C)C1NC(=O)C12CCC(C(=O)N3CCC(CO)CC3)(CC1)CC2. The van der Waals surface area contributed by atoms with Gasteiger partial charge in [-0.3, -0.25) is 9.59 Å². The number of piperidine rings is 1. The molecule has 5 fully saturated rings. The third-order valence-electron chi connectivity index (χ3n) is 9.09. The molecule has 164 valence electrons. The number of aliphatic hydroxyl groups excluding tert-OH is 1. The van der Waals surface area contributed by atoms with Crippen molar-refractivity contribution in [3.63, 3.8) is 0 Å². The minimum Gasteiger partial charge on any atom is -0.396 e. The Morgan fingerprint density at radius 2 is 1.38 bits per heavy atom. The fourth-order valence-corrected chi connectivity index (χ4v) is 7.48. The molecule has 0 atom stereocenters. The number of hydrogen-bond donors (Lipinski definition) is 2. The van der Waals surface area contributed by atoms with Crippen LogP contribution in [0.15, 0.2) is 0 Å². The number of hydrogen-bond acceptors (Lipinski definition) is 3. The number of fused-ring (bicyclic) bond motifs is 3. The number of likely N-dealkylation sites (tertiary alicyclic amines) is 1. The molecule has 5 rings (SSSR count). The molecule has 5 aliphatic rings. The molecule has 5 heteroatoms. The fourth-order valence-electron chi connectivity index (χ4n) is 7.48. The Morgan fingerprint density at radius 3 is 1.83 bits per heavy atom. The maximum atomic E-state index is 13.4. The summed E-state index contributed by atoms with van der Waals surface area (Å²) < 4.78 is 0. The number of aliphatic hydroxyl groups is 1. The summed E-state index contributed by atoms with van der Waals surface area (Å²) in [6.45, 7) is 10.8. The zero-order valence-electron chi connectivity index (χ0n) is 18.9. The van der Waals surface area contributed by atoms with E-state index in [4.69, 9.17) is 0 Å². The summed E-state index contributed by atoms with van der Waals surface area (Å²) in [6, 6.07) is 0.236. The Labute approximate surface area is 176 Å². The Morgan fingerprint density at radius 1 is 0.897 bits per heavy atom. The summed E-state index contributed by atoms with van der Waals surface area (Å²) in [6.07, 6.45) is 8.10. The van der Waals surface area contributed by atoms with E-state index in [1.54, 1.807) is 0 Å². The summed E-state index contributed by atoms with van der Waals surface area (Å²) in [7, 11) is 0. The number of rotatable bonds is 4. The Kier molecular flexibility index (Phi) is 5.08. The first-order valence-corrected chi connectivity index (χ1v) is 11.7. The second kappa shape index (κ2) is 6.96. The van der Waals surface area contributed by atoms with E-state index in [1.807, 2.05) is 4.90 Å². The normalized spacial score (nSPS) is 36.5. The van der Waals surface area contributed by atoms with Crippen molar-refractivity contribution in [2.45, 2.75) is 91.5 Å². The molecule has 0 aromatic rings. The number of amides is 2. The number of nitrogens with one attached hydrogen (secondary N) is 1. The minimum atomic E-state index is -0.256. The molecule has 2 N–H and O–H groups in total. The lowest BCUT2D eigenvalue weighted by Gasteiger charge is -2.59. The molecule has 1 aliphatic heterocycles. The molecule has 2 amide bonds. The van der Waals surface area contributed by atoms with Crippen LogP contribution in [0.25, 0.3) is 0 Å². The van der Waals surface area contributed by atoms with Crippen molar-refractivity contribution in [2.75, 3.05) is 19.7 Å². The summed E-state index contributed by atoms with van der Waals surface area (Å²) in [4.78, 5) is 28.8. The van der Waals surface area contributed by atoms with Gasteiger partial charge in [-0.15, -0.1) is 0 Å². The van der Waals surface area contributed by atoms with Gasteiger partial charge in [-0.2, -0.15) is 0 Å². The largest absolute Gasteiger partial charge is 0.396 e. The smallest absolute Gasteiger partial charge is 0.228 e. The molecule has 0 aromatic carbocycles. The first-order valence-electron chi connectivity index (χ1n) is 11.7. The highest BCUT2D eigenvalue weighted by Crippen LogP contribution is 2.59. The van der Waals surface area contributed by atoms with E-state index in [0.717, 1.165) is 70.9 Å². The fraction of sp³-hybridized carbons (Fsp3) is 0.917. The van der Waals surface area contributed by atoms with Crippen molar-refractivity contribution in [3.05, 3.63) is 0 Å². The van der Waals surface area contributed by atoms with Crippen LogP contribution in [0.5, 0.6) is 0 Å². The van der Waals surface area contributed by atoms with Crippen LogP contribution in [-0.2, 0) is 9.59 Å². The van der Waals surface area contributed by atoms with Crippen molar-refractivity contribution < 1.29 is 14.7 Å². The van der Waals surface area contributed by atoms with Gasteiger partial charge in [-0.05, 0) is 74.5 Å². The highest BCUT2D eigenvalue weighted by molar-refractivity contribution is 5.87. The highest BCUT2D eigenvalue weighted by Gasteiger charge is 2.59. The van der Waals surface area contributed by atoms with Crippen molar-refractivity contribution in [1.82, 2.24) is 10.2 Å². The molecule has 1 saturated heterocycles. The maximum Gasteiger partial charge on any atom is 0.228 e. The van der Waals surface area contributed by atoms with Crippen molar-refractivity contribution in [3.8, 4) is 0 Å². The van der Waals surface area contributed by atoms with Gasteiger partial charge in [0.1, 0.15) is 0 Å². The number of carbonyl (C=O) groups is 2. The van der Waals surface area contributed by atoms with Crippen molar-refractivity contribution in [2.24, 2.45) is 27.6 Å². The molecular weight excluding hydrogens is 364 g/mol. The number of nitrogens with zero attached hydrogens (tertiary/aromatic N) is 1.